The summed E-state index contributed by atoms with van der Waals surface area (Å²) in [5.41, 5.74) is 11.8. The molecule has 0 radical (unpaired) electrons. The van der Waals surface area contributed by atoms with Gasteiger partial charge in [0, 0.05) is 17.1 Å². The fourth-order valence-corrected chi connectivity index (χ4v) is 2.03. The summed E-state index contributed by atoms with van der Waals surface area (Å²) in [5.74, 6) is 0.501. The first-order valence-electron chi connectivity index (χ1n) is 6.67. The second-order valence-corrected chi connectivity index (χ2v) is 7.40. The molecule has 108 valence electrons. The van der Waals surface area contributed by atoms with Crippen molar-refractivity contribution in [3.63, 3.8) is 0 Å². The van der Waals surface area contributed by atoms with Crippen molar-refractivity contribution < 1.29 is 0 Å². The number of hydrogen-bond donors (Lipinski definition) is 3. The summed E-state index contributed by atoms with van der Waals surface area (Å²) in [6.45, 7) is 16.8. The molecular formula is C14H32N4. The Morgan fingerprint density at radius 3 is 1.89 bits per heavy atom. The van der Waals surface area contributed by atoms with Crippen molar-refractivity contribution >= 4 is 5.96 Å². The van der Waals surface area contributed by atoms with Gasteiger partial charge in [0.15, 0.2) is 5.96 Å². The summed E-state index contributed by atoms with van der Waals surface area (Å²) in [6, 6.07) is 0.201. The van der Waals surface area contributed by atoms with E-state index in [4.69, 9.17) is 11.5 Å². The monoisotopic (exact) mass is 256 g/mol. The number of nitrogens with zero attached hydrogens (tertiary/aromatic N) is 1. The van der Waals surface area contributed by atoms with E-state index in [2.05, 4.69) is 51.9 Å². The van der Waals surface area contributed by atoms with Gasteiger partial charge in [0.2, 0.25) is 0 Å². The van der Waals surface area contributed by atoms with Crippen molar-refractivity contribution in [2.24, 2.45) is 21.9 Å². The highest BCUT2D eigenvalue weighted by Gasteiger charge is 2.38. The quantitative estimate of drug-likeness (QED) is 0.521. The Morgan fingerprint density at radius 1 is 1.11 bits per heavy atom. The molecular weight excluding hydrogens is 224 g/mol. The van der Waals surface area contributed by atoms with E-state index in [0.29, 0.717) is 5.96 Å². The lowest BCUT2D eigenvalue weighted by atomic mass is 9.68. The van der Waals surface area contributed by atoms with Gasteiger partial charge in [-0.15, -0.1) is 0 Å². The zero-order valence-corrected chi connectivity index (χ0v) is 13.4. The van der Waals surface area contributed by atoms with Crippen LogP contribution in [0.2, 0.25) is 0 Å². The van der Waals surface area contributed by atoms with Gasteiger partial charge in [-0.05, 0) is 53.4 Å². The van der Waals surface area contributed by atoms with E-state index >= 15 is 0 Å². The van der Waals surface area contributed by atoms with E-state index in [9.17, 15) is 0 Å². The van der Waals surface area contributed by atoms with Crippen molar-refractivity contribution in [3.8, 4) is 0 Å². The SMILES string of the molecule is CC(C)N=C(N)NC(C)(C)CC(C)(C)C(C)(C)N. The van der Waals surface area contributed by atoms with Crippen LogP contribution in [0.4, 0.5) is 0 Å². The average molecular weight is 256 g/mol. The number of nitrogens with one attached hydrogen (secondary N) is 1. The molecule has 0 rings (SSSR count). The molecule has 0 aromatic heterocycles. The highest BCUT2D eigenvalue weighted by molar-refractivity contribution is 5.78. The summed E-state index contributed by atoms with van der Waals surface area (Å²) in [5, 5.41) is 3.29. The van der Waals surface area contributed by atoms with E-state index in [-0.39, 0.29) is 22.5 Å². The van der Waals surface area contributed by atoms with Gasteiger partial charge in [-0.2, -0.15) is 0 Å². The first-order chi connectivity index (χ1) is 7.77. The number of guanidine groups is 1. The van der Waals surface area contributed by atoms with Crippen molar-refractivity contribution in [1.29, 1.82) is 0 Å². The van der Waals surface area contributed by atoms with Crippen LogP contribution in [0.5, 0.6) is 0 Å². The van der Waals surface area contributed by atoms with Crippen LogP contribution < -0.4 is 16.8 Å². The third kappa shape index (κ3) is 5.71. The van der Waals surface area contributed by atoms with E-state index in [1.807, 2.05) is 13.8 Å². The van der Waals surface area contributed by atoms with Gasteiger partial charge >= 0.3 is 0 Å². The molecule has 0 fully saturated rings. The molecule has 0 aliphatic carbocycles. The number of hydrogen-bond acceptors (Lipinski definition) is 2. The molecule has 0 aromatic carbocycles. The molecule has 0 aliphatic rings. The Bertz CT molecular complexity index is 295. The van der Waals surface area contributed by atoms with Crippen LogP contribution in [-0.4, -0.2) is 23.1 Å². The standard InChI is InChI=1S/C14H32N4/c1-10(2)17-11(15)18-13(5,6)9-12(3,4)14(7,8)16/h10H,9,16H2,1-8H3,(H3,15,17,18). The number of rotatable bonds is 5. The first-order valence-corrected chi connectivity index (χ1v) is 6.67. The molecule has 4 nitrogen and oxygen atoms in total. The van der Waals surface area contributed by atoms with Crippen LogP contribution in [0.3, 0.4) is 0 Å². The van der Waals surface area contributed by atoms with Gasteiger partial charge in [0.25, 0.3) is 0 Å². The molecule has 0 aromatic rings. The van der Waals surface area contributed by atoms with Crippen LogP contribution in [0, 0.1) is 5.41 Å². The lowest BCUT2D eigenvalue weighted by molar-refractivity contribution is 0.142. The molecule has 0 spiro atoms. The van der Waals surface area contributed by atoms with Crippen molar-refractivity contribution in [2.45, 2.75) is 78.9 Å². The third-order valence-corrected chi connectivity index (χ3v) is 3.49. The molecule has 5 N–H and O–H groups in total. The fourth-order valence-electron chi connectivity index (χ4n) is 2.03. The zero-order chi connectivity index (χ0) is 14.8. The van der Waals surface area contributed by atoms with Gasteiger partial charge in [0.1, 0.15) is 0 Å². The normalized spacial score (nSPS) is 15.1. The minimum absolute atomic E-state index is 0.00160. The summed E-state index contributed by atoms with van der Waals surface area (Å²) in [4.78, 5) is 4.31. The predicted octanol–water partition coefficient (Wildman–Crippen LogP) is 2.23. The molecule has 0 unspecified atom stereocenters. The minimum Gasteiger partial charge on any atom is -0.370 e. The highest BCUT2D eigenvalue weighted by Crippen LogP contribution is 2.36. The van der Waals surface area contributed by atoms with E-state index in [1.165, 1.54) is 0 Å². The van der Waals surface area contributed by atoms with Crippen molar-refractivity contribution in [1.82, 2.24) is 5.32 Å². The second-order valence-electron chi connectivity index (χ2n) is 7.40. The smallest absolute Gasteiger partial charge is 0.189 e. The lowest BCUT2D eigenvalue weighted by Crippen LogP contribution is -2.55. The predicted molar refractivity (Wildman–Crippen MR) is 80.6 cm³/mol. The fraction of sp³-hybridized carbons (Fsp3) is 0.929. The Labute approximate surface area is 113 Å². The molecule has 0 saturated carbocycles. The summed E-state index contributed by atoms with van der Waals surface area (Å²) in [7, 11) is 0. The Hall–Kier alpha value is -0.770. The van der Waals surface area contributed by atoms with E-state index in [1.54, 1.807) is 0 Å². The van der Waals surface area contributed by atoms with Gasteiger partial charge in [-0.1, -0.05) is 13.8 Å². The average Bonchev–Trinajstić information content (AvgIpc) is 1.94. The molecule has 0 bridgehead atoms. The highest BCUT2D eigenvalue weighted by atomic mass is 15.1. The Kier molecular flexibility index (Phi) is 5.24. The molecule has 0 amide bonds. The Morgan fingerprint density at radius 2 is 1.56 bits per heavy atom. The zero-order valence-electron chi connectivity index (χ0n) is 13.4. The van der Waals surface area contributed by atoms with E-state index < -0.39 is 0 Å². The van der Waals surface area contributed by atoms with Crippen LogP contribution in [0.1, 0.15) is 61.8 Å². The maximum Gasteiger partial charge on any atom is 0.189 e. The Balaban J connectivity index is 4.77. The van der Waals surface area contributed by atoms with Crippen LogP contribution in [0.15, 0.2) is 4.99 Å². The van der Waals surface area contributed by atoms with E-state index in [0.717, 1.165) is 6.42 Å². The third-order valence-electron chi connectivity index (χ3n) is 3.49. The topological polar surface area (TPSA) is 76.4 Å². The summed E-state index contributed by atoms with van der Waals surface area (Å²) >= 11 is 0. The van der Waals surface area contributed by atoms with Crippen LogP contribution in [0.25, 0.3) is 0 Å². The molecule has 0 atom stereocenters. The van der Waals surface area contributed by atoms with Gasteiger partial charge in [-0.3, -0.25) is 4.99 Å². The first kappa shape index (κ1) is 17.2. The number of nitrogens with two attached hydrogens (primary N) is 2. The summed E-state index contributed by atoms with van der Waals surface area (Å²) < 4.78 is 0. The largest absolute Gasteiger partial charge is 0.370 e. The molecule has 18 heavy (non-hydrogen) atoms. The summed E-state index contributed by atoms with van der Waals surface area (Å²) in [6.07, 6.45) is 0.914. The maximum absolute atomic E-state index is 6.24. The minimum atomic E-state index is -0.240. The van der Waals surface area contributed by atoms with Crippen LogP contribution >= 0.6 is 0 Å². The van der Waals surface area contributed by atoms with Crippen molar-refractivity contribution in [3.05, 3.63) is 0 Å². The molecule has 0 saturated heterocycles. The maximum atomic E-state index is 6.24. The van der Waals surface area contributed by atoms with Crippen LogP contribution in [-0.2, 0) is 0 Å². The number of aliphatic imine (C=N–C) groups is 1. The van der Waals surface area contributed by atoms with Gasteiger partial charge < -0.3 is 16.8 Å². The molecule has 0 heterocycles. The van der Waals surface area contributed by atoms with Gasteiger partial charge in [0.05, 0.1) is 0 Å². The van der Waals surface area contributed by atoms with Gasteiger partial charge in [-0.25, -0.2) is 0 Å². The molecule has 0 aliphatic heterocycles. The lowest BCUT2D eigenvalue weighted by Gasteiger charge is -2.44. The molecule has 4 heteroatoms. The van der Waals surface area contributed by atoms with Crippen molar-refractivity contribution in [2.75, 3.05) is 0 Å². The second kappa shape index (κ2) is 5.47.